The maximum Gasteiger partial charge on any atom is 0.153 e. The number of hydrogen-bond acceptors (Lipinski definition) is 1. The van der Waals surface area contributed by atoms with E-state index >= 15 is 0 Å². The van der Waals surface area contributed by atoms with Crippen molar-refractivity contribution < 1.29 is 13.6 Å². The van der Waals surface area contributed by atoms with Crippen LogP contribution in [-0.4, -0.2) is 6.29 Å². The number of halogens is 3. The smallest absolute Gasteiger partial charge is 0.153 e. The van der Waals surface area contributed by atoms with Gasteiger partial charge in [0.15, 0.2) is 6.29 Å². The number of hydrogen-bond donors (Lipinski definition) is 0. The minimum atomic E-state index is -0.612. The fourth-order valence-electron chi connectivity index (χ4n) is 1.53. The summed E-state index contributed by atoms with van der Waals surface area (Å²) >= 11 is 3.07. The third-order valence-electron chi connectivity index (χ3n) is 2.39. The fraction of sp³-hybridized carbons (Fsp3) is 0. The van der Waals surface area contributed by atoms with Crippen LogP contribution in [0.3, 0.4) is 0 Å². The molecule has 0 aliphatic carbocycles. The summed E-state index contributed by atoms with van der Waals surface area (Å²) in [7, 11) is 0. The van der Waals surface area contributed by atoms with Gasteiger partial charge >= 0.3 is 0 Å². The molecule has 0 atom stereocenters. The van der Waals surface area contributed by atoms with Crippen LogP contribution in [0.2, 0.25) is 0 Å². The molecular weight excluding hydrogens is 290 g/mol. The van der Waals surface area contributed by atoms with Gasteiger partial charge in [0.25, 0.3) is 0 Å². The molecule has 1 nitrogen and oxygen atoms in total. The largest absolute Gasteiger partial charge is 0.298 e. The van der Waals surface area contributed by atoms with Gasteiger partial charge in [-0.25, -0.2) is 8.78 Å². The van der Waals surface area contributed by atoms with E-state index in [9.17, 15) is 13.6 Å². The molecule has 0 aromatic heterocycles. The predicted octanol–water partition coefficient (Wildman–Crippen LogP) is 4.21. The van der Waals surface area contributed by atoms with E-state index in [1.165, 1.54) is 12.1 Å². The van der Waals surface area contributed by atoms with Crippen LogP contribution in [0.4, 0.5) is 8.78 Å². The van der Waals surface area contributed by atoms with Crippen molar-refractivity contribution in [3.8, 4) is 11.1 Å². The molecule has 0 aliphatic heterocycles. The van der Waals surface area contributed by atoms with Crippen LogP contribution < -0.4 is 0 Å². The van der Waals surface area contributed by atoms with Crippen LogP contribution >= 0.6 is 15.9 Å². The van der Waals surface area contributed by atoms with Crippen molar-refractivity contribution >= 4 is 22.2 Å². The van der Waals surface area contributed by atoms with Crippen molar-refractivity contribution in [1.82, 2.24) is 0 Å². The first kappa shape index (κ1) is 11.9. The zero-order valence-corrected chi connectivity index (χ0v) is 10.2. The van der Waals surface area contributed by atoms with Crippen molar-refractivity contribution in [2.75, 3.05) is 0 Å². The first-order chi connectivity index (χ1) is 8.13. The Morgan fingerprint density at radius 3 is 2.59 bits per heavy atom. The highest BCUT2D eigenvalue weighted by Crippen LogP contribution is 2.28. The lowest BCUT2D eigenvalue weighted by molar-refractivity contribution is 0.112. The maximum absolute atomic E-state index is 13.8. The van der Waals surface area contributed by atoms with Crippen molar-refractivity contribution in [3.05, 3.63) is 58.1 Å². The molecule has 0 unspecified atom stereocenters. The lowest BCUT2D eigenvalue weighted by Gasteiger charge is -2.06. The zero-order chi connectivity index (χ0) is 12.4. The third-order valence-corrected chi connectivity index (χ3v) is 3.00. The van der Waals surface area contributed by atoms with Gasteiger partial charge in [0.1, 0.15) is 11.6 Å². The second-order valence-corrected chi connectivity index (χ2v) is 4.31. The second kappa shape index (κ2) is 4.75. The van der Waals surface area contributed by atoms with E-state index in [0.29, 0.717) is 21.9 Å². The van der Waals surface area contributed by atoms with Crippen LogP contribution in [0.1, 0.15) is 10.4 Å². The van der Waals surface area contributed by atoms with Crippen LogP contribution in [0, 0.1) is 11.6 Å². The third kappa shape index (κ3) is 2.26. The molecule has 0 fully saturated rings. The van der Waals surface area contributed by atoms with E-state index in [2.05, 4.69) is 15.9 Å². The van der Waals surface area contributed by atoms with Crippen LogP contribution in [-0.2, 0) is 0 Å². The molecule has 17 heavy (non-hydrogen) atoms. The number of carbonyl (C=O) groups excluding carboxylic acids is 1. The molecule has 0 aliphatic rings. The van der Waals surface area contributed by atoms with Gasteiger partial charge in [-0.1, -0.05) is 18.2 Å². The Hall–Kier alpha value is -1.55. The topological polar surface area (TPSA) is 17.1 Å². The molecule has 2 aromatic rings. The molecule has 4 heteroatoms. The Bertz CT molecular complexity index is 582. The molecule has 2 aromatic carbocycles. The van der Waals surface area contributed by atoms with Gasteiger partial charge in [-0.2, -0.15) is 0 Å². The van der Waals surface area contributed by atoms with Gasteiger partial charge < -0.3 is 0 Å². The van der Waals surface area contributed by atoms with Gasteiger partial charge in [0.05, 0.1) is 10.0 Å². The Labute approximate surface area is 105 Å². The van der Waals surface area contributed by atoms with E-state index in [1.807, 2.05) is 0 Å². The Morgan fingerprint density at radius 1 is 1.12 bits per heavy atom. The predicted molar refractivity (Wildman–Crippen MR) is 64.9 cm³/mol. The summed E-state index contributed by atoms with van der Waals surface area (Å²) in [5, 5.41) is 0. The molecule has 0 saturated carbocycles. The fourth-order valence-corrected chi connectivity index (χ4v) is 1.89. The molecule has 0 radical (unpaired) electrons. The molecule has 0 bridgehead atoms. The summed E-state index contributed by atoms with van der Waals surface area (Å²) in [5.41, 5.74) is 0.705. The van der Waals surface area contributed by atoms with Crippen molar-refractivity contribution in [3.63, 3.8) is 0 Å². The molecule has 0 amide bonds. The minimum absolute atomic E-state index is 0.0816. The second-order valence-electron chi connectivity index (χ2n) is 3.46. The first-order valence-corrected chi connectivity index (χ1v) is 5.62. The van der Waals surface area contributed by atoms with E-state index in [0.717, 1.165) is 6.07 Å². The summed E-state index contributed by atoms with van der Waals surface area (Å²) in [6.45, 7) is 0. The first-order valence-electron chi connectivity index (χ1n) is 4.82. The number of aldehydes is 1. The molecule has 86 valence electrons. The highest BCUT2D eigenvalue weighted by Gasteiger charge is 2.10. The standard InChI is InChI=1S/C13H7BrF2O/c14-11-3-1-2-10(13(11)16)8-4-5-12(15)9(6-8)7-17/h1-7H. The Balaban J connectivity index is 2.61. The molecule has 0 heterocycles. The Kier molecular flexibility index (Phi) is 3.33. The van der Waals surface area contributed by atoms with Crippen molar-refractivity contribution in [1.29, 1.82) is 0 Å². The quantitative estimate of drug-likeness (QED) is 0.759. The monoisotopic (exact) mass is 296 g/mol. The van der Waals surface area contributed by atoms with Gasteiger partial charge in [0.2, 0.25) is 0 Å². The van der Waals surface area contributed by atoms with Gasteiger partial charge in [-0.3, -0.25) is 4.79 Å². The zero-order valence-electron chi connectivity index (χ0n) is 8.58. The van der Waals surface area contributed by atoms with Gasteiger partial charge in [0, 0.05) is 5.56 Å². The lowest BCUT2D eigenvalue weighted by Crippen LogP contribution is -1.91. The summed E-state index contributed by atoms with van der Waals surface area (Å²) in [6.07, 6.45) is 0.411. The number of benzene rings is 2. The summed E-state index contributed by atoms with van der Waals surface area (Å²) in [4.78, 5) is 10.6. The highest BCUT2D eigenvalue weighted by atomic mass is 79.9. The summed E-state index contributed by atoms with van der Waals surface area (Å²) in [5.74, 6) is -1.05. The van der Waals surface area contributed by atoms with E-state index in [-0.39, 0.29) is 5.56 Å². The van der Waals surface area contributed by atoms with Crippen LogP contribution in [0.15, 0.2) is 40.9 Å². The van der Waals surface area contributed by atoms with Gasteiger partial charge in [-0.05, 0) is 39.7 Å². The average molecular weight is 297 g/mol. The molecular formula is C13H7BrF2O. The average Bonchev–Trinajstić information content (AvgIpc) is 2.34. The molecule has 0 N–H and O–H groups in total. The van der Waals surface area contributed by atoms with Crippen molar-refractivity contribution in [2.45, 2.75) is 0 Å². The number of carbonyl (C=O) groups is 1. The minimum Gasteiger partial charge on any atom is -0.298 e. The lowest BCUT2D eigenvalue weighted by atomic mass is 10.0. The normalized spacial score (nSPS) is 10.3. The van der Waals surface area contributed by atoms with Gasteiger partial charge in [-0.15, -0.1) is 0 Å². The maximum atomic E-state index is 13.8. The van der Waals surface area contributed by atoms with E-state index in [4.69, 9.17) is 0 Å². The Morgan fingerprint density at radius 2 is 1.88 bits per heavy atom. The SMILES string of the molecule is O=Cc1cc(-c2cccc(Br)c2F)ccc1F. The highest BCUT2D eigenvalue weighted by molar-refractivity contribution is 9.10. The summed E-state index contributed by atoms with van der Waals surface area (Å²) < 4.78 is 27.3. The summed E-state index contributed by atoms with van der Waals surface area (Å²) in [6, 6.07) is 8.73. The molecule has 2 rings (SSSR count). The van der Waals surface area contributed by atoms with E-state index in [1.54, 1.807) is 18.2 Å². The van der Waals surface area contributed by atoms with E-state index < -0.39 is 11.6 Å². The number of rotatable bonds is 2. The van der Waals surface area contributed by atoms with Crippen molar-refractivity contribution in [2.24, 2.45) is 0 Å². The van der Waals surface area contributed by atoms with Crippen LogP contribution in [0.25, 0.3) is 11.1 Å². The molecule has 0 saturated heterocycles. The van der Waals surface area contributed by atoms with Crippen LogP contribution in [0.5, 0.6) is 0 Å². The molecule has 0 spiro atoms.